The molecule has 2 aliphatic rings. The van der Waals surface area contributed by atoms with Crippen molar-refractivity contribution >= 4 is 46.5 Å². The molecular formula is C19H18Cl3N3O. The van der Waals surface area contributed by atoms with Gasteiger partial charge in [0.15, 0.2) is 0 Å². The first-order chi connectivity index (χ1) is 12.5. The lowest BCUT2D eigenvalue weighted by Crippen LogP contribution is -2.49. The number of amides is 1. The lowest BCUT2D eigenvalue weighted by atomic mass is 10.1. The van der Waals surface area contributed by atoms with E-state index in [1.54, 1.807) is 12.3 Å². The molecule has 2 unspecified atom stereocenters. The SMILES string of the molecule is O=C(C1CC1c1ccccc1Cl)N1CCN(c2ncc(Cl)cc2Cl)CC1. The van der Waals surface area contributed by atoms with E-state index in [-0.39, 0.29) is 17.7 Å². The normalized spacial score (nSPS) is 22.4. The van der Waals surface area contributed by atoms with E-state index in [1.807, 2.05) is 29.2 Å². The number of pyridine rings is 1. The highest BCUT2D eigenvalue weighted by Gasteiger charge is 2.46. The van der Waals surface area contributed by atoms with E-state index in [0.29, 0.717) is 36.2 Å². The van der Waals surface area contributed by atoms with Crippen molar-refractivity contribution in [2.75, 3.05) is 31.1 Å². The highest BCUT2D eigenvalue weighted by atomic mass is 35.5. The van der Waals surface area contributed by atoms with Crippen LogP contribution in [0.4, 0.5) is 5.82 Å². The molecule has 2 atom stereocenters. The predicted octanol–water partition coefficient (Wildman–Crippen LogP) is 4.49. The molecule has 1 saturated carbocycles. The van der Waals surface area contributed by atoms with Crippen molar-refractivity contribution in [2.45, 2.75) is 12.3 Å². The monoisotopic (exact) mass is 409 g/mol. The Morgan fingerprint density at radius 3 is 2.46 bits per heavy atom. The van der Waals surface area contributed by atoms with Crippen molar-refractivity contribution in [1.29, 1.82) is 0 Å². The van der Waals surface area contributed by atoms with Gasteiger partial charge in [0.25, 0.3) is 0 Å². The van der Waals surface area contributed by atoms with Crippen molar-refractivity contribution < 1.29 is 4.79 Å². The Labute approximate surface area is 167 Å². The number of halogens is 3. The van der Waals surface area contributed by atoms with Crippen LogP contribution in [0.2, 0.25) is 15.1 Å². The van der Waals surface area contributed by atoms with Gasteiger partial charge in [-0.1, -0.05) is 53.0 Å². The molecule has 4 nitrogen and oxygen atoms in total. The smallest absolute Gasteiger partial charge is 0.226 e. The average molecular weight is 411 g/mol. The number of benzene rings is 1. The van der Waals surface area contributed by atoms with E-state index >= 15 is 0 Å². The summed E-state index contributed by atoms with van der Waals surface area (Å²) in [7, 11) is 0. The Kier molecular flexibility index (Phi) is 5.00. The number of anilines is 1. The van der Waals surface area contributed by atoms with E-state index in [1.165, 1.54) is 0 Å². The minimum absolute atomic E-state index is 0.0543. The molecule has 2 heterocycles. The van der Waals surface area contributed by atoms with Crippen LogP contribution in [-0.4, -0.2) is 42.0 Å². The third kappa shape index (κ3) is 3.51. The van der Waals surface area contributed by atoms with Gasteiger partial charge < -0.3 is 9.80 Å². The zero-order chi connectivity index (χ0) is 18.3. The summed E-state index contributed by atoms with van der Waals surface area (Å²) in [5.74, 6) is 1.26. The number of nitrogens with zero attached hydrogens (tertiary/aromatic N) is 3. The van der Waals surface area contributed by atoms with Crippen LogP contribution in [0.25, 0.3) is 0 Å². The second-order valence-corrected chi connectivity index (χ2v) is 7.99. The Morgan fingerprint density at radius 1 is 1.04 bits per heavy atom. The van der Waals surface area contributed by atoms with Crippen molar-refractivity contribution in [3.05, 3.63) is 57.2 Å². The van der Waals surface area contributed by atoms with Crippen molar-refractivity contribution in [2.24, 2.45) is 5.92 Å². The van der Waals surface area contributed by atoms with Crippen molar-refractivity contribution in [3.8, 4) is 0 Å². The van der Waals surface area contributed by atoms with Crippen LogP contribution in [0.15, 0.2) is 36.5 Å². The molecule has 4 rings (SSSR count). The zero-order valence-corrected chi connectivity index (χ0v) is 16.3. The van der Waals surface area contributed by atoms with E-state index in [9.17, 15) is 4.79 Å². The first kappa shape index (κ1) is 17.9. The van der Waals surface area contributed by atoms with Crippen LogP contribution in [-0.2, 0) is 4.79 Å². The molecule has 2 aromatic rings. The fourth-order valence-corrected chi connectivity index (χ4v) is 4.38. The minimum Gasteiger partial charge on any atom is -0.352 e. The molecule has 2 fully saturated rings. The van der Waals surface area contributed by atoms with Gasteiger partial charge in [-0.3, -0.25) is 4.79 Å². The van der Waals surface area contributed by atoms with Crippen LogP contribution < -0.4 is 4.90 Å². The fourth-order valence-electron chi connectivity index (χ4n) is 3.60. The average Bonchev–Trinajstić information content (AvgIpc) is 3.42. The molecule has 1 amide bonds. The molecule has 1 saturated heterocycles. The quantitative estimate of drug-likeness (QED) is 0.748. The van der Waals surface area contributed by atoms with E-state index in [0.717, 1.165) is 22.8 Å². The Balaban J connectivity index is 1.37. The summed E-state index contributed by atoms with van der Waals surface area (Å²) in [5, 5.41) is 1.81. The first-order valence-electron chi connectivity index (χ1n) is 8.64. The number of rotatable bonds is 3. The fraction of sp³-hybridized carbons (Fsp3) is 0.368. The lowest BCUT2D eigenvalue weighted by Gasteiger charge is -2.36. The molecular weight excluding hydrogens is 393 g/mol. The second-order valence-electron chi connectivity index (χ2n) is 6.74. The second kappa shape index (κ2) is 7.26. The van der Waals surface area contributed by atoms with Gasteiger partial charge in [-0.15, -0.1) is 0 Å². The van der Waals surface area contributed by atoms with E-state index < -0.39 is 0 Å². The third-order valence-corrected chi connectivity index (χ3v) is 5.92. The number of hydrogen-bond donors (Lipinski definition) is 0. The maximum atomic E-state index is 12.8. The molecule has 1 aromatic heterocycles. The molecule has 0 bridgehead atoms. The Hall–Kier alpha value is -1.49. The summed E-state index contributed by atoms with van der Waals surface area (Å²) >= 11 is 18.4. The van der Waals surface area contributed by atoms with E-state index in [4.69, 9.17) is 34.8 Å². The van der Waals surface area contributed by atoms with Crippen LogP contribution in [0, 0.1) is 5.92 Å². The van der Waals surface area contributed by atoms with Gasteiger partial charge >= 0.3 is 0 Å². The van der Waals surface area contributed by atoms with Crippen LogP contribution in [0.3, 0.4) is 0 Å². The molecule has 0 N–H and O–H groups in total. The topological polar surface area (TPSA) is 36.4 Å². The summed E-state index contributed by atoms with van der Waals surface area (Å²) in [5.41, 5.74) is 1.09. The molecule has 0 spiro atoms. The maximum absolute atomic E-state index is 12.8. The van der Waals surface area contributed by atoms with Gasteiger partial charge in [-0.25, -0.2) is 4.98 Å². The third-order valence-electron chi connectivity index (χ3n) is 5.09. The molecule has 1 aromatic carbocycles. The minimum atomic E-state index is 0.0543. The van der Waals surface area contributed by atoms with Crippen LogP contribution >= 0.6 is 34.8 Å². The van der Waals surface area contributed by atoms with Gasteiger partial charge in [-0.2, -0.15) is 0 Å². The number of aromatic nitrogens is 1. The van der Waals surface area contributed by atoms with Gasteiger partial charge in [-0.05, 0) is 30.0 Å². The summed E-state index contributed by atoms with van der Waals surface area (Å²) in [6.45, 7) is 2.77. The van der Waals surface area contributed by atoms with Gasteiger partial charge in [0.2, 0.25) is 5.91 Å². The maximum Gasteiger partial charge on any atom is 0.226 e. The molecule has 26 heavy (non-hydrogen) atoms. The highest BCUT2D eigenvalue weighted by molar-refractivity contribution is 6.36. The first-order valence-corrected chi connectivity index (χ1v) is 9.77. The molecule has 7 heteroatoms. The number of carbonyl (C=O) groups excluding carboxylic acids is 1. The molecule has 136 valence electrons. The summed E-state index contributed by atoms with van der Waals surface area (Å²) in [6.07, 6.45) is 2.48. The highest BCUT2D eigenvalue weighted by Crippen LogP contribution is 2.50. The predicted molar refractivity (Wildman–Crippen MR) is 105 cm³/mol. The van der Waals surface area contributed by atoms with Gasteiger partial charge in [0, 0.05) is 43.3 Å². The van der Waals surface area contributed by atoms with E-state index in [2.05, 4.69) is 9.88 Å². The lowest BCUT2D eigenvalue weighted by molar-refractivity contribution is -0.132. The number of hydrogen-bond acceptors (Lipinski definition) is 3. The molecule has 1 aliphatic heterocycles. The van der Waals surface area contributed by atoms with Crippen molar-refractivity contribution in [3.63, 3.8) is 0 Å². The van der Waals surface area contributed by atoms with Crippen LogP contribution in [0.1, 0.15) is 17.9 Å². The van der Waals surface area contributed by atoms with Crippen LogP contribution in [0.5, 0.6) is 0 Å². The van der Waals surface area contributed by atoms with Gasteiger partial charge in [0.05, 0.1) is 10.0 Å². The summed E-state index contributed by atoms with van der Waals surface area (Å²) < 4.78 is 0. The standard InChI is InChI=1S/C19H18Cl3N3O/c20-12-9-17(22)18(23-11-12)24-5-7-25(8-6-24)19(26)15-10-14(15)13-3-1-2-4-16(13)21/h1-4,9,11,14-15H,5-8,10H2. The number of carbonyl (C=O) groups is 1. The zero-order valence-electron chi connectivity index (χ0n) is 14.0. The number of piperazine rings is 1. The van der Waals surface area contributed by atoms with Gasteiger partial charge in [0.1, 0.15) is 5.82 Å². The largest absolute Gasteiger partial charge is 0.352 e. The summed E-state index contributed by atoms with van der Waals surface area (Å²) in [6, 6.07) is 9.50. The molecule has 0 radical (unpaired) electrons. The Bertz CT molecular complexity index is 837. The summed E-state index contributed by atoms with van der Waals surface area (Å²) in [4.78, 5) is 21.2. The molecule has 1 aliphatic carbocycles. The van der Waals surface area contributed by atoms with Crippen molar-refractivity contribution in [1.82, 2.24) is 9.88 Å². The Morgan fingerprint density at radius 2 is 1.77 bits per heavy atom.